The fourth-order valence-electron chi connectivity index (χ4n) is 5.41. The molecule has 2 heterocycles. The van der Waals surface area contributed by atoms with Gasteiger partial charge in [0.25, 0.3) is 0 Å². The van der Waals surface area contributed by atoms with Crippen molar-refractivity contribution in [2.45, 2.75) is 122 Å². The number of rotatable bonds is 14. The Bertz CT molecular complexity index is 2310. The Morgan fingerprint density at radius 1 is 0.603 bits per heavy atom. The van der Waals surface area contributed by atoms with Crippen LogP contribution in [0.15, 0.2) is 121 Å². The van der Waals surface area contributed by atoms with Gasteiger partial charge in [-0.2, -0.15) is 0 Å². The van der Waals surface area contributed by atoms with Crippen molar-refractivity contribution in [1.82, 2.24) is 0 Å². The van der Waals surface area contributed by atoms with Gasteiger partial charge in [0.15, 0.2) is 0 Å². The van der Waals surface area contributed by atoms with Crippen LogP contribution < -0.4 is 6.54 Å². The summed E-state index contributed by atoms with van der Waals surface area (Å²) in [6.45, 7) is 16.2. The first-order valence-corrected chi connectivity index (χ1v) is 30.9. The molecule has 5 atom stereocenters. The van der Waals surface area contributed by atoms with Gasteiger partial charge in [0.1, 0.15) is 0 Å². The van der Waals surface area contributed by atoms with Crippen LogP contribution in [0, 0.1) is 0 Å². The minimum Gasteiger partial charge on any atom is 0 e. The third-order valence-electron chi connectivity index (χ3n) is 8.66. The second kappa shape index (κ2) is 30.4. The molecule has 0 saturated carbocycles. The predicted octanol–water partition coefficient (Wildman–Crippen LogP) is 5.68. The van der Waals surface area contributed by atoms with Crippen LogP contribution >= 0.6 is 0 Å². The Morgan fingerprint density at radius 3 is 1.32 bits per heavy atom. The van der Waals surface area contributed by atoms with E-state index >= 15 is 0 Å². The van der Waals surface area contributed by atoms with Gasteiger partial charge >= 0.3 is 357 Å². The first kappa shape index (κ1) is 65.8. The fourth-order valence-corrected chi connectivity index (χ4v) is 12.1. The Morgan fingerprint density at radius 2 is 0.945 bits per heavy atom. The summed E-state index contributed by atoms with van der Waals surface area (Å²) in [7, 11) is 0. The molecule has 4 aromatic rings. The van der Waals surface area contributed by atoms with E-state index in [4.69, 9.17) is 36.4 Å². The molecule has 2 radical (unpaired) electrons. The molecule has 15 nitrogen and oxygen atoms in total. The first-order valence-electron chi connectivity index (χ1n) is 22.2. The number of aliphatic hydroxyl groups is 2. The molecule has 392 valence electrons. The summed E-state index contributed by atoms with van der Waals surface area (Å²) in [6.07, 6.45) is -9.66. The maximum Gasteiger partial charge on any atom is 0 e. The molecule has 6 rings (SSSR count). The van der Waals surface area contributed by atoms with Crippen LogP contribution in [-0.4, -0.2) is 189 Å². The molecule has 0 aromatic heterocycles. The topological polar surface area (TPSA) is 200 Å². The van der Waals surface area contributed by atoms with Crippen LogP contribution in [0.3, 0.4) is 0 Å². The average Bonchev–Trinajstić information content (AvgIpc) is 3.64. The normalized spacial score (nSPS) is 19.5. The van der Waals surface area contributed by atoms with Gasteiger partial charge < -0.3 is 12.7 Å². The van der Waals surface area contributed by atoms with Crippen molar-refractivity contribution in [3.05, 3.63) is 132 Å². The fraction of sp³-hybridized carbons (Fsp3) is 0.420. The first-order chi connectivity index (χ1) is 33.5. The second-order valence-electron chi connectivity index (χ2n) is 18.6. The number of ether oxygens (including phenoxy) is 6. The predicted molar refractivity (Wildman–Crippen MR) is 266 cm³/mol. The molecule has 2 N–H and O–H groups in total. The van der Waals surface area contributed by atoms with Crippen molar-refractivity contribution < 1.29 is 87.7 Å². The Balaban J connectivity index is 0.000000383. The third-order valence-corrected chi connectivity index (χ3v) is 17.6. The molecule has 0 spiro atoms. The summed E-state index contributed by atoms with van der Waals surface area (Å²) < 4.78 is 97.0. The summed E-state index contributed by atoms with van der Waals surface area (Å²) in [4.78, 5) is 59.7. The summed E-state index contributed by atoms with van der Waals surface area (Å²) in [6, 6.07) is 33.3. The van der Waals surface area contributed by atoms with Crippen molar-refractivity contribution in [2.75, 3.05) is 13.2 Å². The number of cyclic esters (lactones) is 1. The molecule has 1 unspecified atom stereocenters. The molecule has 2 fully saturated rings. The van der Waals surface area contributed by atoms with Crippen molar-refractivity contribution >= 4 is 113 Å². The molecule has 4 aromatic carbocycles. The number of halogens is 4. The maximum atomic E-state index is 14.2. The van der Waals surface area contributed by atoms with Gasteiger partial charge in [-0.3, -0.25) is 0 Å². The molecule has 2 aliphatic heterocycles. The van der Waals surface area contributed by atoms with Crippen LogP contribution in [0.1, 0.15) is 83.0 Å². The van der Waals surface area contributed by atoms with Crippen LogP contribution in [0.4, 0.5) is 27.2 Å². The van der Waals surface area contributed by atoms with Crippen LogP contribution in [0.2, 0.25) is 0 Å². The van der Waals surface area contributed by atoms with E-state index in [9.17, 15) is 46.6 Å². The zero-order valence-electron chi connectivity index (χ0n) is 42.1. The van der Waals surface area contributed by atoms with E-state index in [0.717, 1.165) is 6.54 Å². The van der Waals surface area contributed by atoms with Gasteiger partial charge in [0.2, 0.25) is 0 Å². The number of carbonyl (C=O) groups excluding carboxylic acids is 5. The number of alkyl halides is 4. The van der Waals surface area contributed by atoms with Crippen molar-refractivity contribution in [3.63, 3.8) is 0 Å². The van der Waals surface area contributed by atoms with E-state index in [0.29, 0.717) is 0 Å². The monoisotopic (exact) mass is 1430 g/mol. The molecule has 0 bridgehead atoms. The number of aliphatic hydroxyl groups excluding tert-OH is 1. The molecule has 73 heavy (non-hydrogen) atoms. The van der Waals surface area contributed by atoms with E-state index in [-0.39, 0.29) is 57.1 Å². The van der Waals surface area contributed by atoms with E-state index < -0.39 is 133 Å². The molecular weight excluding hydrogens is 1370 g/mol. The SMILES string of the molecule is CC(C)(C)O.CC(C)(C)[O][Al][O]C(C)(C)C.O=[C](O[C@H]1[C@@H](COC(=O)c2ccccc2)OC(=O)C1(F)F)[BiH][c]1ccccc1.O=[C](O[C@H]1[C@@H](COC(=O)c2ccccc2)OC(O)C1(F)F)[BiH][c]1ccccc1.[Li]. The number of hydrogen-bond donors (Lipinski definition) is 2. The van der Waals surface area contributed by atoms with Crippen LogP contribution in [0.25, 0.3) is 0 Å². The molecule has 0 amide bonds. The molecule has 0 aliphatic carbocycles. The summed E-state index contributed by atoms with van der Waals surface area (Å²) in [5.41, 5.74) is -0.186. The van der Waals surface area contributed by atoms with Crippen molar-refractivity contribution in [3.8, 4) is 0 Å². The Kier molecular flexibility index (Phi) is 27.4. The van der Waals surface area contributed by atoms with Gasteiger partial charge in [-0.25, -0.2) is 0 Å². The number of benzene rings is 4. The smallest absolute Gasteiger partial charge is 0 e. The van der Waals surface area contributed by atoms with Gasteiger partial charge in [-0.15, -0.1) is 0 Å². The van der Waals surface area contributed by atoms with E-state index in [2.05, 4.69) is 4.74 Å². The van der Waals surface area contributed by atoms with Crippen LogP contribution in [0.5, 0.6) is 0 Å². The van der Waals surface area contributed by atoms with Crippen molar-refractivity contribution in [1.29, 1.82) is 0 Å². The van der Waals surface area contributed by atoms with E-state index in [1.807, 2.05) is 41.5 Å². The third kappa shape index (κ3) is 24.9. The Hall–Kier alpha value is -3.35. The minimum atomic E-state index is -4.00. The van der Waals surface area contributed by atoms with Gasteiger partial charge in [-0.05, 0) is 62.3 Å². The Labute approximate surface area is 464 Å². The number of hydrogen-bond acceptors (Lipinski definition) is 15. The molecule has 2 aliphatic rings. The molecule has 2 saturated heterocycles. The minimum absolute atomic E-state index is 0. The zero-order chi connectivity index (χ0) is 53.9. The maximum absolute atomic E-state index is 14.2. The van der Waals surface area contributed by atoms with Gasteiger partial charge in [-0.1, -0.05) is 0 Å². The van der Waals surface area contributed by atoms with E-state index in [1.165, 1.54) is 24.3 Å². The quantitative estimate of drug-likeness (QED) is 0.0676. The summed E-state index contributed by atoms with van der Waals surface area (Å²) >= 11 is -4.72. The largest absolute Gasteiger partial charge is 0 e. The second-order valence-corrected chi connectivity index (χ2v) is 28.8. The average molecular weight is 1430 g/mol. The zero-order valence-corrected chi connectivity index (χ0v) is 51.1. The summed E-state index contributed by atoms with van der Waals surface area (Å²) in [5, 5.41) is 18.0. The summed E-state index contributed by atoms with van der Waals surface area (Å²) in [5.74, 6) is -11.1. The molecular formula is C50H60AlBi2F4LiO15. The van der Waals surface area contributed by atoms with Gasteiger partial charge in [0.05, 0.1) is 5.60 Å². The van der Waals surface area contributed by atoms with Crippen molar-refractivity contribution in [2.24, 2.45) is 0 Å². The standard InChI is InChI=1S/C13H11F2O6.C13H9F2O6.2C6H5.C4H10O.2C4H9O.Al.2Bi.Li.2H/c2*14-13(15)10(20-7-16)9(21-12(13)18)6-19-11(17)8-4-2-1-3-5-8;2*1-2-4-6-5-3-1;3*1-4(2,3)5;;;;;;/h1-5,9-10,12,18H,6H2;1-5,9-10H,6H2;2*1-5H;5H,1-3H3;2*1-3H3;;;;;;/q;;;;;2*-1;+2;;;;;/t9-,10+,12?;9-,10+;;;;;;;;;;;/m11.........../s1. The van der Waals surface area contributed by atoms with Gasteiger partial charge in [0, 0.05) is 30.1 Å². The number of esters is 3. The van der Waals surface area contributed by atoms with E-state index in [1.54, 1.807) is 118 Å². The van der Waals surface area contributed by atoms with Crippen LogP contribution in [-0.2, 0) is 40.8 Å². The number of carbonyl (C=O) groups is 5. The molecule has 23 heteroatoms.